The number of hydrogen-bond acceptors (Lipinski definition) is 3. The molecule has 3 nitrogen and oxygen atoms in total. The van der Waals surface area contributed by atoms with Gasteiger partial charge in [0, 0.05) is 19.2 Å². The molecule has 0 spiro atoms. The van der Waals surface area contributed by atoms with Gasteiger partial charge in [0.25, 0.3) is 0 Å². The lowest BCUT2D eigenvalue weighted by Gasteiger charge is -2.27. The third kappa shape index (κ3) is 4.51. The van der Waals surface area contributed by atoms with E-state index in [4.69, 9.17) is 4.74 Å². The summed E-state index contributed by atoms with van der Waals surface area (Å²) in [5.41, 5.74) is 1.29. The Morgan fingerprint density at radius 1 is 1.37 bits per heavy atom. The molecule has 1 saturated heterocycles. The zero-order chi connectivity index (χ0) is 13.7. The van der Waals surface area contributed by atoms with Crippen molar-refractivity contribution < 1.29 is 9.84 Å². The van der Waals surface area contributed by atoms with Gasteiger partial charge in [-0.1, -0.05) is 12.1 Å². The molecule has 2 rings (SSSR count). The summed E-state index contributed by atoms with van der Waals surface area (Å²) in [6, 6.07) is 8.08. The summed E-state index contributed by atoms with van der Waals surface area (Å²) < 4.78 is 5.68. The van der Waals surface area contributed by atoms with Crippen LogP contribution in [0.25, 0.3) is 0 Å². The van der Waals surface area contributed by atoms with Crippen LogP contribution in [0.15, 0.2) is 24.3 Å². The van der Waals surface area contributed by atoms with E-state index in [0.29, 0.717) is 17.9 Å². The largest absolute Gasteiger partial charge is 0.508 e. The fourth-order valence-corrected chi connectivity index (χ4v) is 2.55. The highest BCUT2D eigenvalue weighted by molar-refractivity contribution is 5.25. The molecular weight excluding hydrogens is 238 g/mol. The summed E-state index contributed by atoms with van der Waals surface area (Å²) in [5.74, 6) is 0.340. The Balaban J connectivity index is 1.73. The number of phenolic OH excluding ortho intramolecular Hbond substituents is 1. The number of ether oxygens (including phenoxy) is 1. The molecule has 0 saturated carbocycles. The van der Waals surface area contributed by atoms with Crippen molar-refractivity contribution in [1.82, 2.24) is 4.90 Å². The van der Waals surface area contributed by atoms with Crippen molar-refractivity contribution in [2.45, 2.75) is 44.8 Å². The van der Waals surface area contributed by atoms with Gasteiger partial charge in [-0.25, -0.2) is 0 Å². The second-order valence-corrected chi connectivity index (χ2v) is 5.63. The van der Waals surface area contributed by atoms with Crippen molar-refractivity contribution in [3.05, 3.63) is 29.8 Å². The van der Waals surface area contributed by atoms with Crippen molar-refractivity contribution in [1.29, 1.82) is 0 Å². The first-order valence-electron chi connectivity index (χ1n) is 7.25. The van der Waals surface area contributed by atoms with E-state index < -0.39 is 0 Å². The van der Waals surface area contributed by atoms with Crippen molar-refractivity contribution in [2.24, 2.45) is 0 Å². The minimum Gasteiger partial charge on any atom is -0.508 e. The standard InChI is InChI=1S/C16H25NO2/c1-13(17(2)12-16-4-3-11-19-16)5-6-14-7-9-15(18)10-8-14/h7-10,13,16,18H,3-6,11-12H2,1-2H3. The highest BCUT2D eigenvalue weighted by atomic mass is 16.5. The number of hydrogen-bond donors (Lipinski definition) is 1. The van der Waals surface area contributed by atoms with E-state index >= 15 is 0 Å². The summed E-state index contributed by atoms with van der Waals surface area (Å²) in [4.78, 5) is 2.40. The van der Waals surface area contributed by atoms with Crippen LogP contribution < -0.4 is 0 Å². The van der Waals surface area contributed by atoms with Crippen LogP contribution in [0.2, 0.25) is 0 Å². The van der Waals surface area contributed by atoms with Gasteiger partial charge in [-0.3, -0.25) is 0 Å². The Labute approximate surface area is 116 Å². The quantitative estimate of drug-likeness (QED) is 0.856. The van der Waals surface area contributed by atoms with E-state index in [0.717, 1.165) is 26.0 Å². The number of nitrogens with zero attached hydrogens (tertiary/aromatic N) is 1. The second kappa shape index (κ2) is 6.92. The Bertz CT molecular complexity index is 371. The molecule has 1 fully saturated rings. The summed E-state index contributed by atoms with van der Waals surface area (Å²) >= 11 is 0. The van der Waals surface area contributed by atoms with E-state index in [1.54, 1.807) is 12.1 Å². The van der Waals surface area contributed by atoms with Crippen molar-refractivity contribution >= 4 is 0 Å². The minimum atomic E-state index is 0.340. The minimum absolute atomic E-state index is 0.340. The third-order valence-electron chi connectivity index (χ3n) is 4.06. The fourth-order valence-electron chi connectivity index (χ4n) is 2.55. The summed E-state index contributed by atoms with van der Waals surface area (Å²) in [7, 11) is 2.18. The highest BCUT2D eigenvalue weighted by Crippen LogP contribution is 2.16. The molecule has 106 valence electrons. The molecule has 1 aliphatic rings. The average molecular weight is 263 g/mol. The number of phenols is 1. The van der Waals surface area contributed by atoms with Gasteiger partial charge < -0.3 is 14.7 Å². The third-order valence-corrected chi connectivity index (χ3v) is 4.06. The number of rotatable bonds is 6. The topological polar surface area (TPSA) is 32.7 Å². The molecule has 0 aliphatic carbocycles. The van der Waals surface area contributed by atoms with E-state index in [1.165, 1.54) is 18.4 Å². The molecule has 2 atom stereocenters. The van der Waals surface area contributed by atoms with Crippen LogP contribution in [-0.4, -0.2) is 42.4 Å². The average Bonchev–Trinajstić information content (AvgIpc) is 2.90. The van der Waals surface area contributed by atoms with Crippen molar-refractivity contribution in [3.63, 3.8) is 0 Å². The SMILES string of the molecule is CC(CCc1ccc(O)cc1)N(C)CC1CCCO1. The molecule has 0 aromatic heterocycles. The first kappa shape index (κ1) is 14.4. The van der Waals surface area contributed by atoms with Gasteiger partial charge >= 0.3 is 0 Å². The molecule has 19 heavy (non-hydrogen) atoms. The second-order valence-electron chi connectivity index (χ2n) is 5.63. The molecule has 0 bridgehead atoms. The molecule has 0 radical (unpaired) electrons. The predicted octanol–water partition coefficient (Wildman–Crippen LogP) is 2.82. The van der Waals surface area contributed by atoms with Crippen LogP contribution in [0.5, 0.6) is 5.75 Å². The first-order valence-corrected chi connectivity index (χ1v) is 7.25. The van der Waals surface area contributed by atoms with Crippen LogP contribution in [0.3, 0.4) is 0 Å². The van der Waals surface area contributed by atoms with Crippen molar-refractivity contribution in [3.8, 4) is 5.75 Å². The van der Waals surface area contributed by atoms with Gasteiger partial charge in [-0.15, -0.1) is 0 Å². The lowest BCUT2D eigenvalue weighted by atomic mass is 10.0. The first-order chi connectivity index (χ1) is 9.15. The van der Waals surface area contributed by atoms with Crippen LogP contribution in [0.1, 0.15) is 31.7 Å². The zero-order valence-electron chi connectivity index (χ0n) is 12.0. The normalized spacial score (nSPS) is 20.9. The van der Waals surface area contributed by atoms with Crippen LogP contribution >= 0.6 is 0 Å². The molecule has 1 aromatic rings. The fraction of sp³-hybridized carbons (Fsp3) is 0.625. The maximum atomic E-state index is 9.26. The molecule has 1 N–H and O–H groups in total. The molecule has 3 heteroatoms. The van der Waals surface area contributed by atoms with Gasteiger partial charge in [0.2, 0.25) is 0 Å². The zero-order valence-corrected chi connectivity index (χ0v) is 12.0. The molecule has 1 aliphatic heterocycles. The lowest BCUT2D eigenvalue weighted by Crippen LogP contribution is -2.35. The number of benzene rings is 1. The predicted molar refractivity (Wildman–Crippen MR) is 77.5 cm³/mol. The van der Waals surface area contributed by atoms with E-state index in [2.05, 4.69) is 18.9 Å². The summed E-state index contributed by atoms with van der Waals surface area (Å²) in [6.45, 7) is 4.24. The lowest BCUT2D eigenvalue weighted by molar-refractivity contribution is 0.0692. The Hall–Kier alpha value is -1.06. The van der Waals surface area contributed by atoms with Crippen molar-refractivity contribution in [2.75, 3.05) is 20.2 Å². The monoisotopic (exact) mass is 263 g/mol. The van der Waals surface area contributed by atoms with E-state index in [-0.39, 0.29) is 0 Å². The number of aromatic hydroxyl groups is 1. The highest BCUT2D eigenvalue weighted by Gasteiger charge is 2.19. The van der Waals surface area contributed by atoms with Gasteiger partial charge in [0.1, 0.15) is 5.75 Å². The van der Waals surface area contributed by atoms with Crippen LogP contribution in [-0.2, 0) is 11.2 Å². The van der Waals surface area contributed by atoms with Gasteiger partial charge in [-0.2, -0.15) is 0 Å². The smallest absolute Gasteiger partial charge is 0.115 e. The summed E-state index contributed by atoms with van der Waals surface area (Å²) in [6.07, 6.45) is 5.03. The van der Waals surface area contributed by atoms with Crippen LogP contribution in [0.4, 0.5) is 0 Å². The molecular formula is C16H25NO2. The van der Waals surface area contributed by atoms with Gasteiger partial charge in [0.15, 0.2) is 0 Å². The van der Waals surface area contributed by atoms with E-state index in [1.807, 2.05) is 12.1 Å². The number of aryl methyl sites for hydroxylation is 1. The maximum Gasteiger partial charge on any atom is 0.115 e. The van der Waals surface area contributed by atoms with Gasteiger partial charge in [-0.05, 0) is 57.4 Å². The Kier molecular flexibility index (Phi) is 5.23. The summed E-state index contributed by atoms with van der Waals surface area (Å²) in [5, 5.41) is 9.26. The van der Waals surface area contributed by atoms with Crippen LogP contribution in [0, 0.1) is 0 Å². The Morgan fingerprint density at radius 3 is 2.74 bits per heavy atom. The molecule has 1 aromatic carbocycles. The van der Waals surface area contributed by atoms with E-state index in [9.17, 15) is 5.11 Å². The molecule has 1 heterocycles. The van der Waals surface area contributed by atoms with Gasteiger partial charge in [0.05, 0.1) is 6.10 Å². The molecule has 0 amide bonds. The molecule has 2 unspecified atom stereocenters. The maximum absolute atomic E-state index is 9.26. The number of likely N-dealkylation sites (N-methyl/N-ethyl adjacent to an activating group) is 1. The Morgan fingerprint density at radius 2 is 2.11 bits per heavy atom.